The van der Waals surface area contributed by atoms with Crippen LogP contribution in [-0.4, -0.2) is 25.8 Å². The fraction of sp³-hybridized carbons (Fsp3) is 0.316. The van der Waals surface area contributed by atoms with Crippen LogP contribution in [0.15, 0.2) is 47.5 Å². The van der Waals surface area contributed by atoms with E-state index < -0.39 is 0 Å². The predicted octanol–water partition coefficient (Wildman–Crippen LogP) is 3.47. The molecule has 3 rings (SSSR count). The zero-order chi connectivity index (χ0) is 17.5. The van der Waals surface area contributed by atoms with Crippen molar-refractivity contribution in [2.45, 2.75) is 19.9 Å². The van der Waals surface area contributed by atoms with E-state index in [1.165, 1.54) is 12.1 Å². The van der Waals surface area contributed by atoms with Crippen molar-refractivity contribution in [1.29, 1.82) is 0 Å². The maximum absolute atomic E-state index is 13.2. The molecule has 5 nitrogen and oxygen atoms in total. The molecule has 0 saturated heterocycles. The highest BCUT2D eigenvalue weighted by atomic mass is 127. The average molecular weight is 471 g/mol. The highest BCUT2D eigenvalue weighted by molar-refractivity contribution is 14.0. The zero-order valence-corrected chi connectivity index (χ0v) is 17.0. The molecule has 0 bridgehead atoms. The van der Waals surface area contributed by atoms with Crippen LogP contribution in [-0.2, 0) is 13.0 Å². The van der Waals surface area contributed by atoms with E-state index in [9.17, 15) is 4.39 Å². The van der Waals surface area contributed by atoms with Gasteiger partial charge in [-0.3, -0.25) is 0 Å². The van der Waals surface area contributed by atoms with Crippen molar-refractivity contribution in [2.75, 3.05) is 19.9 Å². The van der Waals surface area contributed by atoms with Gasteiger partial charge in [0.15, 0.2) is 17.5 Å². The largest absolute Gasteiger partial charge is 0.454 e. The summed E-state index contributed by atoms with van der Waals surface area (Å²) < 4.78 is 23.9. The fourth-order valence-electron chi connectivity index (χ4n) is 2.57. The van der Waals surface area contributed by atoms with Crippen molar-refractivity contribution in [1.82, 2.24) is 10.6 Å². The van der Waals surface area contributed by atoms with Crippen LogP contribution in [0.5, 0.6) is 11.5 Å². The zero-order valence-electron chi connectivity index (χ0n) is 14.6. The number of benzene rings is 2. The number of guanidine groups is 1. The molecule has 0 aromatic heterocycles. The Kier molecular flexibility index (Phi) is 7.96. The van der Waals surface area contributed by atoms with E-state index >= 15 is 0 Å². The Labute approximate surface area is 170 Å². The maximum atomic E-state index is 13.2. The molecule has 7 heteroatoms. The SMILES string of the molecule is CCNC(=NCc1cccc(F)c1)NCCc1ccc2c(c1)OCO2.I. The van der Waals surface area contributed by atoms with E-state index in [0.29, 0.717) is 12.5 Å². The second-order valence-electron chi connectivity index (χ2n) is 5.69. The Morgan fingerprint density at radius 2 is 1.92 bits per heavy atom. The van der Waals surface area contributed by atoms with Crippen LogP contribution in [0, 0.1) is 5.82 Å². The first-order valence-corrected chi connectivity index (χ1v) is 8.40. The molecule has 2 aromatic rings. The van der Waals surface area contributed by atoms with Crippen LogP contribution in [0.1, 0.15) is 18.1 Å². The van der Waals surface area contributed by atoms with E-state index in [1.807, 2.05) is 31.2 Å². The topological polar surface area (TPSA) is 54.9 Å². The Hall–Kier alpha value is -2.03. The molecule has 140 valence electrons. The number of nitrogens with one attached hydrogen (secondary N) is 2. The number of fused-ring (bicyclic) bond motifs is 1. The van der Waals surface area contributed by atoms with Gasteiger partial charge in [-0.05, 0) is 48.7 Å². The summed E-state index contributed by atoms with van der Waals surface area (Å²) >= 11 is 0. The number of hydrogen-bond donors (Lipinski definition) is 2. The Balaban J connectivity index is 0.00000243. The molecule has 2 N–H and O–H groups in total. The minimum absolute atomic E-state index is 0. The normalized spacial score (nSPS) is 12.5. The molecule has 0 spiro atoms. The van der Waals surface area contributed by atoms with Crippen LogP contribution in [0.2, 0.25) is 0 Å². The summed E-state index contributed by atoms with van der Waals surface area (Å²) in [5, 5.41) is 6.49. The molecule has 0 saturated carbocycles. The van der Waals surface area contributed by atoms with Gasteiger partial charge in [0.05, 0.1) is 6.54 Å². The molecular weight excluding hydrogens is 448 g/mol. The van der Waals surface area contributed by atoms with E-state index in [1.54, 1.807) is 6.07 Å². The molecule has 0 amide bonds. The first-order valence-electron chi connectivity index (χ1n) is 8.40. The quantitative estimate of drug-likeness (QED) is 0.385. The lowest BCUT2D eigenvalue weighted by molar-refractivity contribution is 0.174. The first kappa shape index (κ1) is 20.3. The Morgan fingerprint density at radius 3 is 2.73 bits per heavy atom. The van der Waals surface area contributed by atoms with Crippen LogP contribution in [0.25, 0.3) is 0 Å². The van der Waals surface area contributed by atoms with E-state index in [-0.39, 0.29) is 36.6 Å². The van der Waals surface area contributed by atoms with E-state index in [4.69, 9.17) is 9.47 Å². The lowest BCUT2D eigenvalue weighted by Gasteiger charge is -2.11. The minimum Gasteiger partial charge on any atom is -0.454 e. The van der Waals surface area contributed by atoms with Crippen LogP contribution >= 0.6 is 24.0 Å². The lowest BCUT2D eigenvalue weighted by Crippen LogP contribution is -2.38. The summed E-state index contributed by atoms with van der Waals surface area (Å²) in [6.07, 6.45) is 0.834. The van der Waals surface area contributed by atoms with Gasteiger partial charge in [-0.2, -0.15) is 0 Å². The van der Waals surface area contributed by atoms with Crippen LogP contribution < -0.4 is 20.1 Å². The van der Waals surface area contributed by atoms with E-state index in [2.05, 4.69) is 15.6 Å². The molecule has 0 radical (unpaired) electrons. The van der Waals surface area contributed by atoms with Gasteiger partial charge in [0.1, 0.15) is 5.82 Å². The van der Waals surface area contributed by atoms with Gasteiger partial charge < -0.3 is 20.1 Å². The maximum Gasteiger partial charge on any atom is 0.231 e. The summed E-state index contributed by atoms with van der Waals surface area (Å²) in [4.78, 5) is 4.50. The standard InChI is InChI=1S/C19H22FN3O2.HI/c1-2-21-19(23-12-15-4-3-5-16(20)10-15)22-9-8-14-6-7-17-18(11-14)25-13-24-17;/h3-7,10-11H,2,8-9,12-13H2,1H3,(H2,21,22,23);1H. The van der Waals surface area contributed by atoms with Gasteiger partial charge in [0.2, 0.25) is 6.79 Å². The fourth-order valence-corrected chi connectivity index (χ4v) is 2.57. The molecule has 0 aliphatic carbocycles. The first-order chi connectivity index (χ1) is 12.2. The van der Waals surface area contributed by atoms with Gasteiger partial charge in [-0.15, -0.1) is 24.0 Å². The van der Waals surface area contributed by atoms with Crippen LogP contribution in [0.4, 0.5) is 4.39 Å². The third kappa shape index (κ3) is 5.76. The summed E-state index contributed by atoms with van der Waals surface area (Å²) in [6, 6.07) is 12.5. The highest BCUT2D eigenvalue weighted by Gasteiger charge is 2.12. The van der Waals surface area contributed by atoms with E-state index in [0.717, 1.165) is 42.1 Å². The van der Waals surface area contributed by atoms with Gasteiger partial charge in [0, 0.05) is 13.1 Å². The average Bonchev–Trinajstić information content (AvgIpc) is 3.07. The number of aliphatic imine (C=N–C) groups is 1. The number of ether oxygens (including phenoxy) is 2. The predicted molar refractivity (Wildman–Crippen MR) is 111 cm³/mol. The summed E-state index contributed by atoms with van der Waals surface area (Å²) in [5.41, 5.74) is 2.01. The minimum atomic E-state index is -0.242. The lowest BCUT2D eigenvalue weighted by atomic mass is 10.1. The number of hydrogen-bond acceptors (Lipinski definition) is 3. The van der Waals surface area contributed by atoms with Crippen molar-refractivity contribution < 1.29 is 13.9 Å². The monoisotopic (exact) mass is 471 g/mol. The van der Waals surface area contributed by atoms with Crippen LogP contribution in [0.3, 0.4) is 0 Å². The molecule has 0 atom stereocenters. The second kappa shape index (κ2) is 10.2. The molecule has 0 fully saturated rings. The third-order valence-electron chi connectivity index (χ3n) is 3.80. The highest BCUT2D eigenvalue weighted by Crippen LogP contribution is 2.32. The molecule has 26 heavy (non-hydrogen) atoms. The second-order valence-corrected chi connectivity index (χ2v) is 5.69. The summed E-state index contributed by atoms with van der Waals surface area (Å²) in [6.45, 7) is 4.22. The smallest absolute Gasteiger partial charge is 0.231 e. The van der Waals surface area contributed by atoms with Crippen molar-refractivity contribution in [3.63, 3.8) is 0 Å². The molecule has 1 aliphatic rings. The van der Waals surface area contributed by atoms with Crippen molar-refractivity contribution in [3.05, 3.63) is 59.4 Å². The van der Waals surface area contributed by atoms with Crippen molar-refractivity contribution in [2.24, 2.45) is 4.99 Å². The molecule has 2 aromatic carbocycles. The van der Waals surface area contributed by atoms with Gasteiger partial charge in [0.25, 0.3) is 0 Å². The summed E-state index contributed by atoms with van der Waals surface area (Å²) in [7, 11) is 0. The molecule has 1 aliphatic heterocycles. The van der Waals surface area contributed by atoms with Gasteiger partial charge >= 0.3 is 0 Å². The molecule has 1 heterocycles. The Bertz CT molecular complexity index is 755. The number of nitrogens with zero attached hydrogens (tertiary/aromatic N) is 1. The number of halogens is 2. The van der Waals surface area contributed by atoms with Gasteiger partial charge in [-0.1, -0.05) is 18.2 Å². The van der Waals surface area contributed by atoms with Crippen molar-refractivity contribution in [3.8, 4) is 11.5 Å². The third-order valence-corrected chi connectivity index (χ3v) is 3.80. The van der Waals surface area contributed by atoms with Crippen molar-refractivity contribution >= 4 is 29.9 Å². The van der Waals surface area contributed by atoms with Gasteiger partial charge in [-0.25, -0.2) is 9.38 Å². The Morgan fingerprint density at radius 1 is 1.08 bits per heavy atom. The number of rotatable bonds is 6. The summed E-state index contributed by atoms with van der Waals surface area (Å²) in [5.74, 6) is 2.06. The molecule has 0 unspecified atom stereocenters. The molecular formula is C19H23FIN3O2.